The van der Waals surface area contributed by atoms with Crippen molar-refractivity contribution in [1.82, 2.24) is 10.2 Å². The largest absolute Gasteiger partial charge is 0.417 e. The topological polar surface area (TPSA) is 75.4 Å². The summed E-state index contributed by atoms with van der Waals surface area (Å²) in [6, 6.07) is 4.39. The molecule has 0 saturated carbocycles. The molecular weight excluding hydrogens is 335 g/mol. The average Bonchev–Trinajstić information content (AvgIpc) is 2.58. The Morgan fingerprint density at radius 2 is 2.00 bits per heavy atom. The zero-order valence-electron chi connectivity index (χ0n) is 14.0. The highest BCUT2D eigenvalue weighted by atomic mass is 19.4. The molecule has 2 rings (SSSR count). The molecular formula is C17H22F3N3O2. The van der Waals surface area contributed by atoms with E-state index in [1.54, 1.807) is 4.90 Å². The van der Waals surface area contributed by atoms with E-state index in [9.17, 15) is 22.8 Å². The Labute approximate surface area is 144 Å². The van der Waals surface area contributed by atoms with E-state index in [0.717, 1.165) is 25.0 Å². The number of nitrogens with two attached hydrogens (primary N) is 1. The lowest BCUT2D eigenvalue weighted by atomic mass is 9.92. The minimum atomic E-state index is -4.63. The van der Waals surface area contributed by atoms with E-state index < -0.39 is 23.2 Å². The standard InChI is InChI=1S/C17H22F3N3O2/c1-11-6-7-23(12(8-11)9-21)15(24)10-22-16(25)13-4-2-3-5-14(13)17(18,19)20/h2-5,11-12H,6-10,21H2,1H3,(H,22,25). The fourth-order valence-electron chi connectivity index (χ4n) is 3.08. The van der Waals surface area contributed by atoms with Crippen LogP contribution < -0.4 is 11.1 Å². The van der Waals surface area contributed by atoms with Gasteiger partial charge in [-0.25, -0.2) is 0 Å². The van der Waals surface area contributed by atoms with Gasteiger partial charge in [-0.05, 0) is 30.9 Å². The maximum atomic E-state index is 13.0. The van der Waals surface area contributed by atoms with E-state index in [-0.39, 0.29) is 18.5 Å². The Morgan fingerprint density at radius 3 is 2.64 bits per heavy atom. The monoisotopic (exact) mass is 357 g/mol. The Morgan fingerprint density at radius 1 is 1.32 bits per heavy atom. The first kappa shape index (κ1) is 19.2. The lowest BCUT2D eigenvalue weighted by Gasteiger charge is -2.38. The molecule has 1 aliphatic rings. The van der Waals surface area contributed by atoms with Gasteiger partial charge in [-0.2, -0.15) is 13.2 Å². The molecule has 1 aliphatic heterocycles. The van der Waals surface area contributed by atoms with Crippen LogP contribution in [0.3, 0.4) is 0 Å². The van der Waals surface area contributed by atoms with E-state index >= 15 is 0 Å². The maximum absolute atomic E-state index is 13.0. The second-order valence-electron chi connectivity index (χ2n) is 6.33. The highest BCUT2D eigenvalue weighted by Gasteiger charge is 2.35. The fourth-order valence-corrected chi connectivity index (χ4v) is 3.08. The molecule has 0 aliphatic carbocycles. The van der Waals surface area contributed by atoms with E-state index in [1.165, 1.54) is 12.1 Å². The minimum absolute atomic E-state index is 0.101. The third-order valence-corrected chi connectivity index (χ3v) is 4.45. The molecule has 0 bridgehead atoms. The SMILES string of the molecule is CC1CCN(C(=O)CNC(=O)c2ccccc2C(F)(F)F)C(CN)C1. The maximum Gasteiger partial charge on any atom is 0.417 e. The van der Waals surface area contributed by atoms with Crippen LogP contribution in [0.4, 0.5) is 13.2 Å². The van der Waals surface area contributed by atoms with Gasteiger partial charge in [0.15, 0.2) is 0 Å². The van der Waals surface area contributed by atoms with E-state index in [0.29, 0.717) is 19.0 Å². The first-order valence-electron chi connectivity index (χ1n) is 8.18. The highest BCUT2D eigenvalue weighted by Crippen LogP contribution is 2.31. The number of piperidine rings is 1. The smallest absolute Gasteiger partial charge is 0.343 e. The number of carbonyl (C=O) groups excluding carboxylic acids is 2. The number of amides is 2. The quantitative estimate of drug-likeness (QED) is 0.866. The number of nitrogens with one attached hydrogen (secondary N) is 1. The van der Waals surface area contributed by atoms with E-state index in [1.807, 2.05) is 0 Å². The van der Waals surface area contributed by atoms with Gasteiger partial charge in [0.05, 0.1) is 17.7 Å². The van der Waals surface area contributed by atoms with E-state index in [4.69, 9.17) is 5.73 Å². The van der Waals surface area contributed by atoms with Crippen LogP contribution in [0, 0.1) is 5.92 Å². The second kappa shape index (κ2) is 7.86. The van der Waals surface area contributed by atoms with Gasteiger partial charge in [0, 0.05) is 19.1 Å². The van der Waals surface area contributed by atoms with Crippen molar-refractivity contribution < 1.29 is 22.8 Å². The van der Waals surface area contributed by atoms with Gasteiger partial charge in [-0.3, -0.25) is 9.59 Å². The van der Waals surface area contributed by atoms with Crippen molar-refractivity contribution in [1.29, 1.82) is 0 Å². The number of hydrogen-bond acceptors (Lipinski definition) is 3. The summed E-state index contributed by atoms with van der Waals surface area (Å²) in [7, 11) is 0. The van der Waals surface area contributed by atoms with Gasteiger partial charge in [-0.15, -0.1) is 0 Å². The van der Waals surface area contributed by atoms with Crippen LogP contribution >= 0.6 is 0 Å². The Hall–Kier alpha value is -2.09. The summed E-state index contributed by atoms with van der Waals surface area (Å²) in [4.78, 5) is 26.0. The van der Waals surface area contributed by atoms with Gasteiger partial charge < -0.3 is 16.0 Å². The number of alkyl halides is 3. The number of carbonyl (C=O) groups is 2. The summed E-state index contributed by atoms with van der Waals surface area (Å²) < 4.78 is 38.9. The van der Waals surface area contributed by atoms with Crippen molar-refractivity contribution in [2.75, 3.05) is 19.6 Å². The molecule has 0 aromatic heterocycles. The van der Waals surface area contributed by atoms with Crippen molar-refractivity contribution in [2.24, 2.45) is 11.7 Å². The summed E-state index contributed by atoms with van der Waals surface area (Å²) in [6.07, 6.45) is -3.01. The first-order valence-corrected chi connectivity index (χ1v) is 8.18. The van der Waals surface area contributed by atoms with E-state index in [2.05, 4.69) is 12.2 Å². The predicted molar refractivity (Wildman–Crippen MR) is 86.7 cm³/mol. The zero-order chi connectivity index (χ0) is 18.6. The molecule has 1 saturated heterocycles. The molecule has 138 valence electrons. The molecule has 8 heteroatoms. The fraction of sp³-hybridized carbons (Fsp3) is 0.529. The van der Waals surface area contributed by atoms with Crippen LogP contribution in [0.1, 0.15) is 35.7 Å². The lowest BCUT2D eigenvalue weighted by molar-refractivity contribution is -0.138. The Kier molecular flexibility index (Phi) is 6.05. The van der Waals surface area contributed by atoms with Crippen LogP contribution in [-0.4, -0.2) is 42.4 Å². The molecule has 3 N–H and O–H groups in total. The molecule has 1 aromatic carbocycles. The average molecular weight is 357 g/mol. The molecule has 25 heavy (non-hydrogen) atoms. The van der Waals surface area contributed by atoms with Crippen molar-refractivity contribution in [2.45, 2.75) is 32.0 Å². The molecule has 2 amide bonds. The number of halogens is 3. The predicted octanol–water partition coefficient (Wildman–Crippen LogP) is 2.02. The molecule has 1 aromatic rings. The van der Waals surface area contributed by atoms with Crippen LogP contribution in [0.15, 0.2) is 24.3 Å². The number of benzene rings is 1. The number of hydrogen-bond donors (Lipinski definition) is 2. The van der Waals surface area contributed by atoms with Crippen molar-refractivity contribution in [3.63, 3.8) is 0 Å². The van der Waals surface area contributed by atoms with Crippen LogP contribution in [0.25, 0.3) is 0 Å². The van der Waals surface area contributed by atoms with Crippen molar-refractivity contribution in [3.05, 3.63) is 35.4 Å². The normalized spacial score (nSPS) is 21.1. The number of rotatable bonds is 4. The van der Waals surface area contributed by atoms with Gasteiger partial charge in [0.2, 0.25) is 5.91 Å². The summed E-state index contributed by atoms with van der Waals surface area (Å²) >= 11 is 0. The van der Waals surface area contributed by atoms with Crippen molar-refractivity contribution in [3.8, 4) is 0 Å². The third kappa shape index (κ3) is 4.72. The summed E-state index contributed by atoms with van der Waals surface area (Å²) in [5.41, 5.74) is 4.19. The zero-order valence-corrected chi connectivity index (χ0v) is 14.0. The van der Waals surface area contributed by atoms with Gasteiger partial charge in [0.1, 0.15) is 0 Å². The number of nitrogens with zero attached hydrogens (tertiary/aromatic N) is 1. The van der Waals surface area contributed by atoms with Crippen LogP contribution in [0.2, 0.25) is 0 Å². The summed E-state index contributed by atoms with van der Waals surface area (Å²) in [5.74, 6) is -0.790. The van der Waals surface area contributed by atoms with Crippen LogP contribution in [-0.2, 0) is 11.0 Å². The number of likely N-dealkylation sites (tertiary alicyclic amines) is 1. The Balaban J connectivity index is 2.02. The second-order valence-corrected chi connectivity index (χ2v) is 6.33. The minimum Gasteiger partial charge on any atom is -0.343 e. The summed E-state index contributed by atoms with van der Waals surface area (Å²) in [6.45, 7) is 2.59. The van der Waals surface area contributed by atoms with Gasteiger partial charge >= 0.3 is 6.18 Å². The Bertz CT molecular complexity index is 634. The molecule has 5 nitrogen and oxygen atoms in total. The van der Waals surface area contributed by atoms with Gasteiger partial charge in [-0.1, -0.05) is 19.1 Å². The van der Waals surface area contributed by atoms with Gasteiger partial charge in [0.25, 0.3) is 5.91 Å². The summed E-state index contributed by atoms with van der Waals surface area (Å²) in [5, 5.41) is 2.29. The molecule has 2 atom stereocenters. The molecule has 0 spiro atoms. The third-order valence-electron chi connectivity index (χ3n) is 4.45. The molecule has 0 radical (unpaired) electrons. The lowest BCUT2D eigenvalue weighted by Crippen LogP contribution is -2.52. The molecule has 2 unspecified atom stereocenters. The highest BCUT2D eigenvalue weighted by molar-refractivity contribution is 5.97. The first-order chi connectivity index (χ1) is 11.7. The van der Waals surface area contributed by atoms with Crippen LogP contribution in [0.5, 0.6) is 0 Å². The molecule has 1 fully saturated rings. The molecule has 1 heterocycles. The van der Waals surface area contributed by atoms with Crippen molar-refractivity contribution >= 4 is 11.8 Å².